The molecule has 2 heteroatoms. The van der Waals surface area contributed by atoms with E-state index in [9.17, 15) is 0 Å². The lowest BCUT2D eigenvalue weighted by Gasteiger charge is -2.08. The molecule has 9 heavy (non-hydrogen) atoms. The highest BCUT2D eigenvalue weighted by atomic mass is 16.5. The van der Waals surface area contributed by atoms with Crippen LogP contribution in [0, 0.1) is 0 Å². The van der Waals surface area contributed by atoms with Crippen molar-refractivity contribution in [2.75, 3.05) is 6.61 Å². The van der Waals surface area contributed by atoms with Gasteiger partial charge in [-0.2, -0.15) is 0 Å². The molecule has 1 aromatic rings. The molecule has 1 aromatic heterocycles. The molecule has 0 fully saturated rings. The van der Waals surface area contributed by atoms with Crippen LogP contribution in [0.15, 0.2) is 16.7 Å². The minimum absolute atomic E-state index is 0.655. The first kappa shape index (κ1) is 5.06. The minimum Gasteiger partial charge on any atom is -0.467 e. The van der Waals surface area contributed by atoms with E-state index in [1.807, 2.05) is 6.07 Å². The topological polar surface area (TPSA) is 22.4 Å². The molecule has 0 aliphatic carbocycles. The summed E-state index contributed by atoms with van der Waals surface area (Å²) in [6.45, 7) is 1.49. The molecule has 0 radical (unpaired) electrons. The zero-order valence-electron chi connectivity index (χ0n) is 5.09. The maximum atomic E-state index is 5.16. The van der Waals surface area contributed by atoms with Crippen molar-refractivity contribution in [3.8, 4) is 0 Å². The molecule has 1 aliphatic heterocycles. The van der Waals surface area contributed by atoms with Gasteiger partial charge in [-0.05, 0) is 18.1 Å². The van der Waals surface area contributed by atoms with Crippen molar-refractivity contribution < 1.29 is 9.15 Å². The zero-order valence-corrected chi connectivity index (χ0v) is 5.09. The van der Waals surface area contributed by atoms with Crippen molar-refractivity contribution in [3.63, 3.8) is 0 Å². The highest BCUT2D eigenvalue weighted by molar-refractivity contribution is 5.17. The smallest absolute Gasteiger partial charge is 0.132 e. The van der Waals surface area contributed by atoms with E-state index in [0.29, 0.717) is 6.61 Å². The van der Waals surface area contributed by atoms with Gasteiger partial charge in [0.2, 0.25) is 0 Å². The van der Waals surface area contributed by atoms with Crippen LogP contribution in [0.4, 0.5) is 0 Å². The second kappa shape index (κ2) is 1.88. The largest absolute Gasteiger partial charge is 0.467 e. The van der Waals surface area contributed by atoms with Gasteiger partial charge in [0.15, 0.2) is 0 Å². The molecule has 0 aromatic carbocycles. The Labute approximate surface area is 53.4 Å². The van der Waals surface area contributed by atoms with E-state index in [4.69, 9.17) is 9.15 Å². The van der Waals surface area contributed by atoms with Gasteiger partial charge in [-0.25, -0.2) is 0 Å². The quantitative estimate of drug-likeness (QED) is 0.521. The van der Waals surface area contributed by atoms with Gasteiger partial charge in [-0.1, -0.05) is 0 Å². The predicted octanol–water partition coefficient (Wildman–Crippen LogP) is 1.35. The first-order valence-corrected chi connectivity index (χ1v) is 3.10. The summed E-state index contributed by atoms with van der Waals surface area (Å²) in [5.41, 5.74) is 1.31. The van der Waals surface area contributed by atoms with Crippen molar-refractivity contribution in [2.45, 2.75) is 13.0 Å². The Kier molecular flexibility index (Phi) is 1.06. The van der Waals surface area contributed by atoms with E-state index in [1.54, 1.807) is 6.26 Å². The fourth-order valence-electron chi connectivity index (χ4n) is 1.06. The van der Waals surface area contributed by atoms with E-state index < -0.39 is 0 Å². The molecule has 0 unspecified atom stereocenters. The lowest BCUT2D eigenvalue weighted by Crippen LogP contribution is -2.06. The monoisotopic (exact) mass is 124 g/mol. The first-order chi connectivity index (χ1) is 4.47. The fraction of sp³-hybridized carbons (Fsp3) is 0.429. The Balaban J connectivity index is 2.39. The van der Waals surface area contributed by atoms with Gasteiger partial charge in [0.1, 0.15) is 12.4 Å². The number of furan rings is 1. The average molecular weight is 124 g/mol. The second-order valence-electron chi connectivity index (χ2n) is 2.17. The summed E-state index contributed by atoms with van der Waals surface area (Å²) >= 11 is 0. The van der Waals surface area contributed by atoms with Crippen molar-refractivity contribution in [1.82, 2.24) is 0 Å². The molecule has 2 heterocycles. The Hall–Kier alpha value is -0.760. The van der Waals surface area contributed by atoms with Crippen LogP contribution in [0.5, 0.6) is 0 Å². The minimum atomic E-state index is 0.655. The van der Waals surface area contributed by atoms with Crippen molar-refractivity contribution in [1.29, 1.82) is 0 Å². The summed E-state index contributed by atoms with van der Waals surface area (Å²) in [5.74, 6) is 1.00. The van der Waals surface area contributed by atoms with Crippen LogP contribution in [0.2, 0.25) is 0 Å². The number of hydrogen-bond acceptors (Lipinski definition) is 2. The molecule has 0 saturated heterocycles. The lowest BCUT2D eigenvalue weighted by atomic mass is 10.2. The molecule has 48 valence electrons. The lowest BCUT2D eigenvalue weighted by molar-refractivity contribution is 0.0940. The van der Waals surface area contributed by atoms with Crippen LogP contribution in [0.1, 0.15) is 11.3 Å². The number of fused-ring (bicyclic) bond motifs is 1. The van der Waals surface area contributed by atoms with Gasteiger partial charge in [0, 0.05) is 0 Å². The van der Waals surface area contributed by atoms with Crippen LogP contribution in [-0.2, 0) is 17.8 Å². The Morgan fingerprint density at radius 3 is 3.33 bits per heavy atom. The number of rotatable bonds is 0. The summed E-state index contributed by atoms with van der Waals surface area (Å²) in [6, 6.07) is 2.01. The molecular weight excluding hydrogens is 116 g/mol. The molecule has 2 rings (SSSR count). The van der Waals surface area contributed by atoms with E-state index in [-0.39, 0.29) is 0 Å². The van der Waals surface area contributed by atoms with Crippen LogP contribution in [0.3, 0.4) is 0 Å². The summed E-state index contributed by atoms with van der Waals surface area (Å²) < 4.78 is 10.3. The summed E-state index contributed by atoms with van der Waals surface area (Å²) in [4.78, 5) is 0. The molecule has 0 spiro atoms. The summed E-state index contributed by atoms with van der Waals surface area (Å²) in [6.07, 6.45) is 2.73. The van der Waals surface area contributed by atoms with Crippen LogP contribution in [-0.4, -0.2) is 6.61 Å². The summed E-state index contributed by atoms with van der Waals surface area (Å²) in [7, 11) is 0. The maximum Gasteiger partial charge on any atom is 0.132 e. The normalized spacial score (nSPS) is 17.3. The Bertz CT molecular complexity index is 182. The van der Waals surface area contributed by atoms with E-state index in [1.165, 1.54) is 5.56 Å². The van der Waals surface area contributed by atoms with Crippen molar-refractivity contribution in [3.05, 3.63) is 23.7 Å². The van der Waals surface area contributed by atoms with Gasteiger partial charge >= 0.3 is 0 Å². The highest BCUT2D eigenvalue weighted by Gasteiger charge is 2.10. The van der Waals surface area contributed by atoms with Gasteiger partial charge in [-0.15, -0.1) is 0 Å². The third-order valence-electron chi connectivity index (χ3n) is 1.59. The van der Waals surface area contributed by atoms with Crippen LogP contribution >= 0.6 is 0 Å². The molecule has 1 aliphatic rings. The van der Waals surface area contributed by atoms with E-state index in [0.717, 1.165) is 18.8 Å². The van der Waals surface area contributed by atoms with Crippen LogP contribution < -0.4 is 0 Å². The summed E-state index contributed by atoms with van der Waals surface area (Å²) in [5, 5.41) is 0. The number of ether oxygens (including phenoxy) is 1. The van der Waals surface area contributed by atoms with Crippen LogP contribution in [0.25, 0.3) is 0 Å². The van der Waals surface area contributed by atoms with Gasteiger partial charge in [0.25, 0.3) is 0 Å². The van der Waals surface area contributed by atoms with Crippen molar-refractivity contribution in [2.24, 2.45) is 0 Å². The van der Waals surface area contributed by atoms with Gasteiger partial charge in [0.05, 0.1) is 12.9 Å². The first-order valence-electron chi connectivity index (χ1n) is 3.10. The molecule has 0 atom stereocenters. The zero-order chi connectivity index (χ0) is 6.10. The third kappa shape index (κ3) is 0.754. The highest BCUT2D eigenvalue weighted by Crippen LogP contribution is 2.16. The molecular formula is C7H8O2. The number of hydrogen-bond donors (Lipinski definition) is 0. The fourth-order valence-corrected chi connectivity index (χ4v) is 1.06. The second-order valence-corrected chi connectivity index (χ2v) is 2.17. The Morgan fingerprint density at radius 1 is 1.44 bits per heavy atom. The molecule has 2 nitrogen and oxygen atoms in total. The standard InChI is InChI=1S/C7H8O2/c1-3-8-5-7-6(1)2-4-9-7/h2,4H,1,3,5H2. The Morgan fingerprint density at radius 2 is 2.44 bits per heavy atom. The van der Waals surface area contributed by atoms with E-state index >= 15 is 0 Å². The third-order valence-corrected chi connectivity index (χ3v) is 1.59. The maximum absolute atomic E-state index is 5.16. The van der Waals surface area contributed by atoms with Gasteiger partial charge < -0.3 is 9.15 Å². The molecule has 0 N–H and O–H groups in total. The van der Waals surface area contributed by atoms with E-state index in [2.05, 4.69) is 0 Å². The van der Waals surface area contributed by atoms with Gasteiger partial charge in [-0.3, -0.25) is 0 Å². The molecule has 0 bridgehead atoms. The SMILES string of the molecule is c1cc2c(o1)COCC2. The average Bonchev–Trinajstić information content (AvgIpc) is 2.33. The molecule has 0 saturated carbocycles. The molecule has 0 amide bonds. The predicted molar refractivity (Wildman–Crippen MR) is 32.1 cm³/mol. The van der Waals surface area contributed by atoms with Crippen molar-refractivity contribution >= 4 is 0 Å².